The van der Waals surface area contributed by atoms with Crippen molar-refractivity contribution in [3.05, 3.63) is 39.5 Å². The zero-order valence-corrected chi connectivity index (χ0v) is 10.4. The van der Waals surface area contributed by atoms with Gasteiger partial charge in [-0.25, -0.2) is 4.98 Å². The first-order valence-corrected chi connectivity index (χ1v) is 5.90. The molecule has 0 aromatic carbocycles. The first kappa shape index (κ1) is 11.2. The van der Waals surface area contributed by atoms with Crippen LogP contribution in [0, 0.1) is 0 Å². The number of pyridine rings is 1. The summed E-state index contributed by atoms with van der Waals surface area (Å²) in [4.78, 5) is 22.4. The fourth-order valence-corrected chi connectivity index (χ4v) is 2.42. The van der Waals surface area contributed by atoms with E-state index in [2.05, 4.69) is 30.9 Å². The predicted molar refractivity (Wildman–Crippen MR) is 65.3 cm³/mol. The molecular weight excluding hydrogens is 292 g/mol. The van der Waals surface area contributed by atoms with Crippen LogP contribution in [0.3, 0.4) is 0 Å². The maximum Gasteiger partial charge on any atom is 0.251 e. The van der Waals surface area contributed by atoms with Crippen molar-refractivity contribution in [2.24, 2.45) is 0 Å². The fraction of sp³-hybridized carbons (Fsp3) is 0. The molecule has 0 bridgehead atoms. The molecular formula is C9H7BrN4OS. The highest BCUT2D eigenvalue weighted by molar-refractivity contribution is 9.10. The molecule has 2 aromatic heterocycles. The number of nitrogens with two attached hydrogens (primary N) is 1. The van der Waals surface area contributed by atoms with E-state index < -0.39 is 0 Å². The third-order valence-corrected chi connectivity index (χ3v) is 3.65. The Bertz CT molecular complexity index is 551. The fourth-order valence-electron chi connectivity index (χ4n) is 1.05. The maximum absolute atomic E-state index is 11.1. The van der Waals surface area contributed by atoms with E-state index in [-0.39, 0.29) is 5.56 Å². The molecule has 5 nitrogen and oxygen atoms in total. The second kappa shape index (κ2) is 4.67. The highest BCUT2D eigenvalue weighted by Gasteiger charge is 2.08. The normalized spacial score (nSPS) is 10.3. The molecule has 0 saturated heterocycles. The van der Waals surface area contributed by atoms with Gasteiger partial charge in [0.05, 0.1) is 21.3 Å². The van der Waals surface area contributed by atoms with E-state index in [0.717, 1.165) is 9.37 Å². The Balaban J connectivity index is 2.38. The summed E-state index contributed by atoms with van der Waals surface area (Å²) in [5, 5.41) is 0.492. The summed E-state index contributed by atoms with van der Waals surface area (Å²) in [6, 6.07) is 1.36. The van der Waals surface area contributed by atoms with Gasteiger partial charge in [-0.15, -0.1) is 0 Å². The number of H-pyrrole nitrogens is 1. The molecule has 3 N–H and O–H groups in total. The highest BCUT2D eigenvalue weighted by atomic mass is 79.9. The van der Waals surface area contributed by atoms with Crippen molar-refractivity contribution in [1.82, 2.24) is 15.0 Å². The van der Waals surface area contributed by atoms with Crippen molar-refractivity contribution in [1.29, 1.82) is 0 Å². The monoisotopic (exact) mass is 298 g/mol. The van der Waals surface area contributed by atoms with E-state index in [1.807, 2.05) is 0 Å². The summed E-state index contributed by atoms with van der Waals surface area (Å²) in [6.07, 6.45) is 4.64. The lowest BCUT2D eigenvalue weighted by Crippen LogP contribution is -2.05. The lowest BCUT2D eigenvalue weighted by atomic mass is 10.4. The SMILES string of the molecule is Nc1cncc(Br)c1Sc1nccc(=O)[nH]1. The van der Waals surface area contributed by atoms with E-state index in [0.29, 0.717) is 10.8 Å². The van der Waals surface area contributed by atoms with E-state index in [1.165, 1.54) is 24.0 Å². The van der Waals surface area contributed by atoms with Gasteiger partial charge in [-0.05, 0) is 27.7 Å². The minimum Gasteiger partial charge on any atom is -0.397 e. The largest absolute Gasteiger partial charge is 0.397 e. The molecule has 2 aromatic rings. The van der Waals surface area contributed by atoms with Crippen molar-refractivity contribution < 1.29 is 0 Å². The number of rotatable bonds is 2. The molecule has 0 fully saturated rings. The summed E-state index contributed by atoms with van der Waals surface area (Å²) in [6.45, 7) is 0. The number of nitrogen functional groups attached to an aromatic ring is 1. The van der Waals surface area contributed by atoms with E-state index in [1.54, 1.807) is 12.4 Å². The molecule has 0 amide bonds. The van der Waals surface area contributed by atoms with Gasteiger partial charge in [0.15, 0.2) is 5.16 Å². The van der Waals surface area contributed by atoms with Crippen LogP contribution in [-0.2, 0) is 0 Å². The van der Waals surface area contributed by atoms with Gasteiger partial charge in [-0.3, -0.25) is 9.78 Å². The number of hydrogen-bond acceptors (Lipinski definition) is 5. The minimum atomic E-state index is -0.193. The molecule has 2 heterocycles. The van der Waals surface area contributed by atoms with Crippen molar-refractivity contribution >= 4 is 33.4 Å². The number of halogens is 1. The number of aromatic amines is 1. The third-order valence-electron chi connectivity index (χ3n) is 1.73. The van der Waals surface area contributed by atoms with Crippen molar-refractivity contribution in [3.63, 3.8) is 0 Å². The highest BCUT2D eigenvalue weighted by Crippen LogP contribution is 2.34. The van der Waals surface area contributed by atoms with E-state index in [4.69, 9.17) is 5.73 Å². The number of hydrogen-bond donors (Lipinski definition) is 2. The summed E-state index contributed by atoms with van der Waals surface area (Å²) in [5.41, 5.74) is 6.11. The Kier molecular flexibility index (Phi) is 3.25. The second-order valence-corrected chi connectivity index (χ2v) is 4.73. The van der Waals surface area contributed by atoms with Crippen molar-refractivity contribution in [3.8, 4) is 0 Å². The van der Waals surface area contributed by atoms with Crippen LogP contribution in [0.4, 0.5) is 5.69 Å². The van der Waals surface area contributed by atoms with E-state index in [9.17, 15) is 4.79 Å². The van der Waals surface area contributed by atoms with Gasteiger partial charge in [0.1, 0.15) is 0 Å². The lowest BCUT2D eigenvalue weighted by Gasteiger charge is -2.05. The summed E-state index contributed by atoms with van der Waals surface area (Å²) >= 11 is 4.62. The topological polar surface area (TPSA) is 84.7 Å². The predicted octanol–water partition coefficient (Wildman–Crippen LogP) is 1.66. The van der Waals surface area contributed by atoms with Crippen LogP contribution in [0.25, 0.3) is 0 Å². The molecule has 0 unspecified atom stereocenters. The minimum absolute atomic E-state index is 0.193. The Morgan fingerprint density at radius 1 is 1.44 bits per heavy atom. The summed E-state index contributed by atoms with van der Waals surface area (Å²) < 4.78 is 0.768. The van der Waals surface area contributed by atoms with Gasteiger partial charge >= 0.3 is 0 Å². The van der Waals surface area contributed by atoms with Gasteiger partial charge in [0, 0.05) is 18.5 Å². The van der Waals surface area contributed by atoms with Crippen molar-refractivity contribution in [2.45, 2.75) is 10.1 Å². The zero-order valence-electron chi connectivity index (χ0n) is 7.98. The standard InChI is InChI=1S/C9H7BrN4OS/c10-5-3-12-4-6(11)8(5)16-9-13-2-1-7(15)14-9/h1-4H,11H2,(H,13,14,15). The number of nitrogens with zero attached hydrogens (tertiary/aromatic N) is 2. The van der Waals surface area contributed by atoms with Crippen LogP contribution >= 0.6 is 27.7 Å². The molecule has 0 aliphatic rings. The summed E-state index contributed by atoms with van der Waals surface area (Å²) in [7, 11) is 0. The number of nitrogens with one attached hydrogen (secondary N) is 1. The van der Waals surface area contributed by atoms with Gasteiger partial charge in [-0.1, -0.05) is 0 Å². The molecule has 0 aliphatic heterocycles. The van der Waals surface area contributed by atoms with Crippen LogP contribution in [0.2, 0.25) is 0 Å². The smallest absolute Gasteiger partial charge is 0.251 e. The maximum atomic E-state index is 11.1. The van der Waals surface area contributed by atoms with Gasteiger partial charge in [0.2, 0.25) is 0 Å². The number of anilines is 1. The quantitative estimate of drug-likeness (QED) is 0.824. The Morgan fingerprint density at radius 3 is 2.94 bits per heavy atom. The first-order chi connectivity index (χ1) is 7.66. The molecule has 0 saturated carbocycles. The molecule has 7 heteroatoms. The Morgan fingerprint density at radius 2 is 2.25 bits per heavy atom. The molecule has 0 aliphatic carbocycles. The van der Waals surface area contributed by atoms with Gasteiger partial charge in [-0.2, -0.15) is 0 Å². The molecule has 16 heavy (non-hydrogen) atoms. The molecule has 0 atom stereocenters. The number of aromatic nitrogens is 3. The Labute approximate surface area is 104 Å². The second-order valence-electron chi connectivity index (χ2n) is 2.88. The lowest BCUT2D eigenvalue weighted by molar-refractivity contribution is 0.936. The third kappa shape index (κ3) is 2.42. The summed E-state index contributed by atoms with van der Waals surface area (Å²) in [5.74, 6) is 0. The molecule has 2 rings (SSSR count). The van der Waals surface area contributed by atoms with Gasteiger partial charge in [0.25, 0.3) is 5.56 Å². The molecule has 0 radical (unpaired) electrons. The van der Waals surface area contributed by atoms with Crippen LogP contribution in [0.1, 0.15) is 0 Å². The van der Waals surface area contributed by atoms with Crippen LogP contribution in [0.5, 0.6) is 0 Å². The van der Waals surface area contributed by atoms with Crippen LogP contribution in [-0.4, -0.2) is 15.0 Å². The van der Waals surface area contributed by atoms with Crippen molar-refractivity contribution in [2.75, 3.05) is 5.73 Å². The average Bonchev–Trinajstić information content (AvgIpc) is 2.24. The zero-order chi connectivity index (χ0) is 11.5. The van der Waals surface area contributed by atoms with Crippen LogP contribution in [0.15, 0.2) is 44.0 Å². The van der Waals surface area contributed by atoms with E-state index >= 15 is 0 Å². The Hall–Kier alpha value is -1.34. The first-order valence-electron chi connectivity index (χ1n) is 4.29. The van der Waals surface area contributed by atoms with Crippen LogP contribution < -0.4 is 11.3 Å². The molecule has 0 spiro atoms. The average molecular weight is 299 g/mol. The van der Waals surface area contributed by atoms with Gasteiger partial charge < -0.3 is 10.7 Å². The molecule has 82 valence electrons.